The average Bonchev–Trinajstić information content (AvgIpc) is 3.03. The summed E-state index contributed by atoms with van der Waals surface area (Å²) in [5, 5.41) is 29.6. The lowest BCUT2D eigenvalue weighted by atomic mass is 10.1. The number of nitrogens with zero attached hydrogens (tertiary/aromatic N) is 3. The second-order valence-corrected chi connectivity index (χ2v) is 5.29. The first-order valence-electron chi connectivity index (χ1n) is 6.95. The number of aliphatic hydroxyl groups excluding tert-OH is 3. The molecular formula is C12H17N7O5. The Bertz CT molecular complexity index is 794. The summed E-state index contributed by atoms with van der Waals surface area (Å²) < 4.78 is 6.72. The molecule has 1 aliphatic heterocycles. The van der Waals surface area contributed by atoms with Gasteiger partial charge in [-0.05, 0) is 0 Å². The fourth-order valence-corrected chi connectivity index (χ4v) is 2.88. The molecule has 0 aliphatic carbocycles. The molecule has 130 valence electrons. The third kappa shape index (κ3) is 2.16. The number of amides is 1. The van der Waals surface area contributed by atoms with Crippen molar-refractivity contribution in [1.82, 2.24) is 14.5 Å². The first kappa shape index (κ1) is 16.4. The molecule has 0 bridgehead atoms. The van der Waals surface area contributed by atoms with Crippen LogP contribution >= 0.6 is 0 Å². The molecule has 1 aliphatic rings. The maximum Gasteiger partial charge on any atom is 0.253 e. The topological polar surface area (TPSA) is 208 Å². The Hall–Kier alpha value is -2.51. The molecule has 3 heterocycles. The molecule has 3 rings (SSSR count). The van der Waals surface area contributed by atoms with Gasteiger partial charge in [-0.25, -0.2) is 15.8 Å². The minimum absolute atomic E-state index is 0.0143. The predicted molar refractivity (Wildman–Crippen MR) is 81.3 cm³/mol. The molecular weight excluding hydrogens is 322 g/mol. The van der Waals surface area contributed by atoms with Gasteiger partial charge in [0.1, 0.15) is 41.9 Å². The summed E-state index contributed by atoms with van der Waals surface area (Å²) in [4.78, 5) is 19.7. The number of primary amides is 1. The van der Waals surface area contributed by atoms with Crippen molar-refractivity contribution in [2.75, 3.05) is 17.8 Å². The Morgan fingerprint density at radius 2 is 2.08 bits per heavy atom. The van der Waals surface area contributed by atoms with Crippen LogP contribution < -0.4 is 22.7 Å². The Balaban J connectivity index is 2.29. The van der Waals surface area contributed by atoms with Crippen molar-refractivity contribution in [2.45, 2.75) is 24.5 Å². The molecule has 12 heteroatoms. The number of nitrogens with one attached hydrogen (secondary N) is 1. The Kier molecular flexibility index (Phi) is 3.98. The summed E-state index contributed by atoms with van der Waals surface area (Å²) in [5.41, 5.74) is 13.6. The van der Waals surface area contributed by atoms with Crippen LogP contribution in [-0.2, 0) is 4.74 Å². The van der Waals surface area contributed by atoms with Gasteiger partial charge in [-0.3, -0.25) is 9.36 Å². The second kappa shape index (κ2) is 5.85. The Morgan fingerprint density at radius 1 is 1.38 bits per heavy atom. The van der Waals surface area contributed by atoms with Gasteiger partial charge in [-0.1, -0.05) is 0 Å². The number of hydrogen-bond donors (Lipinski definition) is 7. The van der Waals surface area contributed by atoms with Crippen molar-refractivity contribution in [3.8, 4) is 0 Å². The molecule has 0 saturated carbocycles. The van der Waals surface area contributed by atoms with Crippen molar-refractivity contribution >= 4 is 28.6 Å². The van der Waals surface area contributed by atoms with E-state index in [1.807, 2.05) is 0 Å². The van der Waals surface area contributed by atoms with Crippen molar-refractivity contribution < 1.29 is 24.9 Å². The van der Waals surface area contributed by atoms with Gasteiger partial charge in [0, 0.05) is 0 Å². The lowest BCUT2D eigenvalue weighted by Gasteiger charge is -2.20. The summed E-state index contributed by atoms with van der Waals surface area (Å²) in [6, 6.07) is 0. The van der Waals surface area contributed by atoms with Crippen molar-refractivity contribution in [3.05, 3.63) is 11.9 Å². The smallest absolute Gasteiger partial charge is 0.253 e. The molecule has 1 saturated heterocycles. The van der Waals surface area contributed by atoms with Gasteiger partial charge in [0.15, 0.2) is 6.23 Å². The van der Waals surface area contributed by atoms with E-state index in [1.54, 1.807) is 0 Å². The van der Waals surface area contributed by atoms with E-state index in [1.165, 1.54) is 4.57 Å². The highest BCUT2D eigenvalue weighted by Crippen LogP contribution is 2.39. The fraction of sp³-hybridized carbons (Fsp3) is 0.417. The van der Waals surface area contributed by atoms with Gasteiger partial charge in [-0.15, -0.1) is 0 Å². The lowest BCUT2D eigenvalue weighted by Crippen LogP contribution is -2.33. The number of nitrogens with two attached hydrogens (primary N) is 3. The van der Waals surface area contributed by atoms with Crippen LogP contribution in [0.1, 0.15) is 16.6 Å². The number of anilines is 2. The Morgan fingerprint density at radius 3 is 2.62 bits per heavy atom. The quantitative estimate of drug-likeness (QED) is 0.222. The van der Waals surface area contributed by atoms with Crippen LogP contribution in [0.2, 0.25) is 0 Å². The van der Waals surface area contributed by atoms with Crippen LogP contribution in [-0.4, -0.2) is 60.7 Å². The van der Waals surface area contributed by atoms with E-state index in [4.69, 9.17) is 22.0 Å². The number of ether oxygens (including phenoxy) is 1. The van der Waals surface area contributed by atoms with E-state index in [0.717, 1.165) is 6.33 Å². The number of fused-ring (bicyclic) bond motifs is 1. The molecule has 1 fully saturated rings. The van der Waals surface area contributed by atoms with Gasteiger partial charge >= 0.3 is 0 Å². The molecule has 10 N–H and O–H groups in total. The molecule has 0 aromatic carbocycles. The van der Waals surface area contributed by atoms with Crippen molar-refractivity contribution in [2.24, 2.45) is 11.6 Å². The van der Waals surface area contributed by atoms with Gasteiger partial charge < -0.3 is 36.9 Å². The fourth-order valence-electron chi connectivity index (χ4n) is 2.88. The zero-order valence-electron chi connectivity index (χ0n) is 12.3. The van der Waals surface area contributed by atoms with E-state index < -0.39 is 37.1 Å². The number of hydrogen-bond acceptors (Lipinski definition) is 10. The summed E-state index contributed by atoms with van der Waals surface area (Å²) in [6.45, 7) is -0.515. The number of carbonyl (C=O) groups excluding carboxylic acids is 1. The number of rotatable bonds is 4. The van der Waals surface area contributed by atoms with Crippen LogP contribution in [0.4, 0.5) is 11.6 Å². The van der Waals surface area contributed by atoms with Crippen LogP contribution in [0.15, 0.2) is 6.33 Å². The van der Waals surface area contributed by atoms with Crippen LogP contribution in [0.5, 0.6) is 0 Å². The normalized spacial score (nSPS) is 26.8. The van der Waals surface area contributed by atoms with Crippen molar-refractivity contribution in [3.63, 3.8) is 0 Å². The average molecular weight is 339 g/mol. The minimum atomic E-state index is -1.42. The monoisotopic (exact) mass is 339 g/mol. The third-order valence-corrected chi connectivity index (χ3v) is 3.97. The van der Waals surface area contributed by atoms with Crippen molar-refractivity contribution in [1.29, 1.82) is 0 Å². The van der Waals surface area contributed by atoms with Crippen LogP contribution in [0, 0.1) is 0 Å². The summed E-state index contributed by atoms with van der Waals surface area (Å²) >= 11 is 0. The zero-order chi connectivity index (χ0) is 17.6. The number of aromatic nitrogens is 3. The van der Waals surface area contributed by atoms with E-state index in [0.29, 0.717) is 0 Å². The summed E-state index contributed by atoms with van der Waals surface area (Å²) in [6.07, 6.45) is -3.82. The molecule has 0 spiro atoms. The van der Waals surface area contributed by atoms with Crippen LogP contribution in [0.25, 0.3) is 11.0 Å². The summed E-state index contributed by atoms with van der Waals surface area (Å²) in [5.74, 6) is 4.62. The maximum absolute atomic E-state index is 11.9. The largest absolute Gasteiger partial charge is 0.394 e. The number of carbonyl (C=O) groups is 1. The molecule has 2 aromatic rings. The number of nitrogen functional groups attached to an aromatic ring is 2. The van der Waals surface area contributed by atoms with E-state index >= 15 is 0 Å². The molecule has 12 nitrogen and oxygen atoms in total. The second-order valence-electron chi connectivity index (χ2n) is 5.29. The molecule has 2 aromatic heterocycles. The maximum atomic E-state index is 11.9. The SMILES string of the molecule is NNc1c(C(N)=O)c2c(N)ncnc2n1C1OC(CO)[C@@H](O)C1O. The molecule has 4 atom stereocenters. The highest BCUT2D eigenvalue weighted by molar-refractivity contribution is 6.13. The highest BCUT2D eigenvalue weighted by atomic mass is 16.6. The number of hydrazine groups is 1. The van der Waals surface area contributed by atoms with Crippen LogP contribution in [0.3, 0.4) is 0 Å². The van der Waals surface area contributed by atoms with Gasteiger partial charge in [-0.2, -0.15) is 0 Å². The molecule has 24 heavy (non-hydrogen) atoms. The third-order valence-electron chi connectivity index (χ3n) is 3.97. The summed E-state index contributed by atoms with van der Waals surface area (Å²) in [7, 11) is 0. The number of aliphatic hydroxyl groups is 3. The lowest BCUT2D eigenvalue weighted by molar-refractivity contribution is -0.0499. The van der Waals surface area contributed by atoms with Gasteiger partial charge in [0.2, 0.25) is 0 Å². The standard InChI is InChI=1S/C12H17N7O5/c13-8-4-5(9(14)23)11(18-15)19(10(4)17-2-16-8)12-7(22)6(21)3(1-20)24-12/h2-3,6-7,12,18,20-22H,1,15H2,(H2,14,23)(H2,13,16,17)/t3?,6-,7?,12?/m1/s1. The van der Waals surface area contributed by atoms with Gasteiger partial charge in [0.25, 0.3) is 5.91 Å². The molecule has 1 amide bonds. The predicted octanol–water partition coefficient (Wildman–Crippen LogP) is -2.99. The van der Waals surface area contributed by atoms with E-state index in [-0.39, 0.29) is 28.2 Å². The minimum Gasteiger partial charge on any atom is -0.394 e. The molecule has 3 unspecified atom stereocenters. The van der Waals surface area contributed by atoms with Gasteiger partial charge in [0.05, 0.1) is 17.6 Å². The first-order valence-corrected chi connectivity index (χ1v) is 6.95. The molecule has 0 radical (unpaired) electrons. The zero-order valence-corrected chi connectivity index (χ0v) is 12.3. The van der Waals surface area contributed by atoms with E-state index in [2.05, 4.69) is 15.4 Å². The first-order chi connectivity index (χ1) is 11.4. The Labute approximate surface area is 134 Å². The van der Waals surface area contributed by atoms with E-state index in [9.17, 15) is 20.1 Å². The highest BCUT2D eigenvalue weighted by Gasteiger charge is 2.45.